The van der Waals surface area contributed by atoms with Crippen molar-refractivity contribution in [2.24, 2.45) is 5.41 Å². The molecule has 3 rings (SSSR count). The molecule has 2 nitrogen and oxygen atoms in total. The summed E-state index contributed by atoms with van der Waals surface area (Å²) in [6, 6.07) is 11.0. The van der Waals surface area contributed by atoms with Crippen molar-refractivity contribution in [2.75, 3.05) is 13.1 Å². The summed E-state index contributed by atoms with van der Waals surface area (Å²) in [6.45, 7) is 1.82. The van der Waals surface area contributed by atoms with Gasteiger partial charge in [-0.15, -0.1) is 11.3 Å². The molecule has 0 saturated heterocycles. The van der Waals surface area contributed by atoms with Gasteiger partial charge in [0, 0.05) is 11.2 Å². The van der Waals surface area contributed by atoms with Crippen LogP contribution < -0.4 is 5.32 Å². The molecule has 1 fully saturated rings. The number of thiophene rings is 1. The van der Waals surface area contributed by atoms with E-state index in [0.29, 0.717) is 0 Å². The molecule has 18 heavy (non-hydrogen) atoms. The van der Waals surface area contributed by atoms with Crippen LogP contribution in [0.5, 0.6) is 0 Å². The Labute approximate surface area is 111 Å². The van der Waals surface area contributed by atoms with Crippen LogP contribution in [-0.4, -0.2) is 13.1 Å². The number of nitriles is 1. The average molecular weight is 256 g/mol. The third-order valence-electron chi connectivity index (χ3n) is 3.69. The van der Waals surface area contributed by atoms with E-state index in [1.165, 1.54) is 15.6 Å². The highest BCUT2D eigenvalue weighted by Gasteiger charge is 2.42. The van der Waals surface area contributed by atoms with E-state index in [-0.39, 0.29) is 5.41 Å². The number of nitrogens with zero attached hydrogens (tertiary/aromatic N) is 1. The smallest absolute Gasteiger partial charge is 0.0703 e. The molecule has 2 aromatic rings. The topological polar surface area (TPSA) is 35.8 Å². The summed E-state index contributed by atoms with van der Waals surface area (Å²) < 4.78 is 1.36. The van der Waals surface area contributed by atoms with E-state index >= 15 is 0 Å². The Kier molecular flexibility index (Phi) is 3.07. The van der Waals surface area contributed by atoms with Crippen LogP contribution in [-0.2, 0) is 6.42 Å². The Hall–Kier alpha value is -1.37. The molecule has 1 aliphatic carbocycles. The lowest BCUT2D eigenvalue weighted by atomic mass is 10.1. The van der Waals surface area contributed by atoms with Gasteiger partial charge in [-0.05, 0) is 48.2 Å². The van der Waals surface area contributed by atoms with E-state index in [9.17, 15) is 0 Å². The van der Waals surface area contributed by atoms with Crippen LogP contribution in [0.2, 0.25) is 0 Å². The lowest BCUT2D eigenvalue weighted by Crippen LogP contribution is -2.25. The number of rotatable bonds is 5. The van der Waals surface area contributed by atoms with Crippen LogP contribution in [0.15, 0.2) is 29.6 Å². The Morgan fingerprint density at radius 1 is 1.33 bits per heavy atom. The molecule has 1 aromatic carbocycles. The van der Waals surface area contributed by atoms with E-state index in [2.05, 4.69) is 41.0 Å². The molecule has 1 aromatic heterocycles. The Bertz CT molecular complexity index is 590. The van der Waals surface area contributed by atoms with Gasteiger partial charge in [0.15, 0.2) is 0 Å². The SMILES string of the molecule is N#CC1(CNCCc2csc3ccccc23)CC1. The van der Waals surface area contributed by atoms with Gasteiger partial charge in [0.25, 0.3) is 0 Å². The van der Waals surface area contributed by atoms with Crippen molar-refractivity contribution in [1.29, 1.82) is 5.26 Å². The quantitative estimate of drug-likeness (QED) is 0.833. The van der Waals surface area contributed by atoms with Gasteiger partial charge in [0.1, 0.15) is 0 Å². The molecule has 0 aliphatic heterocycles. The van der Waals surface area contributed by atoms with Crippen LogP contribution >= 0.6 is 11.3 Å². The minimum atomic E-state index is -0.0310. The van der Waals surface area contributed by atoms with Gasteiger partial charge in [0.05, 0.1) is 11.5 Å². The van der Waals surface area contributed by atoms with Gasteiger partial charge in [-0.3, -0.25) is 0 Å². The number of hydrogen-bond acceptors (Lipinski definition) is 3. The average Bonchev–Trinajstić information content (AvgIpc) is 3.09. The normalized spacial score (nSPS) is 16.6. The highest BCUT2D eigenvalue weighted by atomic mass is 32.1. The fourth-order valence-electron chi connectivity index (χ4n) is 2.26. The van der Waals surface area contributed by atoms with Crippen molar-refractivity contribution >= 4 is 21.4 Å². The second-order valence-electron chi connectivity index (χ2n) is 5.08. The summed E-state index contributed by atoms with van der Waals surface area (Å²) in [4.78, 5) is 0. The van der Waals surface area contributed by atoms with Crippen molar-refractivity contribution in [3.05, 3.63) is 35.2 Å². The van der Waals surface area contributed by atoms with E-state index in [1.807, 2.05) is 11.3 Å². The fourth-order valence-corrected chi connectivity index (χ4v) is 3.25. The molecule has 3 heteroatoms. The van der Waals surface area contributed by atoms with Gasteiger partial charge in [-0.1, -0.05) is 18.2 Å². The van der Waals surface area contributed by atoms with Crippen LogP contribution in [0.25, 0.3) is 10.1 Å². The number of fused-ring (bicyclic) bond motifs is 1. The molecule has 1 N–H and O–H groups in total. The van der Waals surface area contributed by atoms with Gasteiger partial charge in [0.2, 0.25) is 0 Å². The highest BCUT2D eigenvalue weighted by molar-refractivity contribution is 7.17. The molecule has 92 valence electrons. The first-order valence-corrected chi connectivity index (χ1v) is 7.28. The number of nitrogens with one attached hydrogen (secondary N) is 1. The van der Waals surface area contributed by atoms with E-state index in [4.69, 9.17) is 5.26 Å². The maximum absolute atomic E-state index is 8.99. The van der Waals surface area contributed by atoms with Crippen LogP contribution in [0, 0.1) is 16.7 Å². The van der Waals surface area contributed by atoms with Crippen LogP contribution in [0.4, 0.5) is 0 Å². The standard InChI is InChI=1S/C15H16N2S/c16-10-15(6-7-15)11-17-8-5-12-9-18-14-4-2-1-3-13(12)14/h1-4,9,17H,5-8,11H2. The molecular formula is C15H16N2S. The number of benzene rings is 1. The van der Waals surface area contributed by atoms with E-state index in [0.717, 1.165) is 32.4 Å². The predicted octanol–water partition coefficient (Wildman–Crippen LogP) is 3.34. The van der Waals surface area contributed by atoms with Crippen molar-refractivity contribution in [2.45, 2.75) is 19.3 Å². The van der Waals surface area contributed by atoms with Crippen molar-refractivity contribution in [3.63, 3.8) is 0 Å². The first-order valence-electron chi connectivity index (χ1n) is 6.40. The number of hydrogen-bond donors (Lipinski definition) is 1. The molecule has 0 radical (unpaired) electrons. The predicted molar refractivity (Wildman–Crippen MR) is 75.7 cm³/mol. The zero-order valence-corrected chi connectivity index (χ0v) is 11.1. The Morgan fingerprint density at radius 3 is 2.94 bits per heavy atom. The first kappa shape index (κ1) is 11.7. The largest absolute Gasteiger partial charge is 0.315 e. The molecule has 0 atom stereocenters. The molecule has 1 aliphatic rings. The van der Waals surface area contributed by atoms with Gasteiger partial charge in [-0.2, -0.15) is 5.26 Å². The van der Waals surface area contributed by atoms with Gasteiger partial charge < -0.3 is 5.32 Å². The lowest BCUT2D eigenvalue weighted by molar-refractivity contribution is 0.561. The summed E-state index contributed by atoms with van der Waals surface area (Å²) in [5.41, 5.74) is 1.39. The molecule has 1 heterocycles. The summed E-state index contributed by atoms with van der Waals surface area (Å²) in [5.74, 6) is 0. The van der Waals surface area contributed by atoms with Crippen molar-refractivity contribution in [1.82, 2.24) is 5.32 Å². The zero-order valence-electron chi connectivity index (χ0n) is 10.3. The molecule has 0 spiro atoms. The third-order valence-corrected chi connectivity index (χ3v) is 4.70. The van der Waals surface area contributed by atoms with E-state index < -0.39 is 0 Å². The molecule has 0 bridgehead atoms. The fraction of sp³-hybridized carbons (Fsp3) is 0.400. The highest BCUT2D eigenvalue weighted by Crippen LogP contribution is 2.43. The maximum atomic E-state index is 8.99. The minimum Gasteiger partial charge on any atom is -0.315 e. The summed E-state index contributed by atoms with van der Waals surface area (Å²) in [7, 11) is 0. The summed E-state index contributed by atoms with van der Waals surface area (Å²) in [6.07, 6.45) is 3.18. The molecule has 0 amide bonds. The molecular weight excluding hydrogens is 240 g/mol. The van der Waals surface area contributed by atoms with Crippen molar-refractivity contribution < 1.29 is 0 Å². The monoisotopic (exact) mass is 256 g/mol. The van der Waals surface area contributed by atoms with Gasteiger partial charge >= 0.3 is 0 Å². The molecule has 1 saturated carbocycles. The van der Waals surface area contributed by atoms with Crippen molar-refractivity contribution in [3.8, 4) is 6.07 Å². The van der Waals surface area contributed by atoms with Crippen LogP contribution in [0.3, 0.4) is 0 Å². The lowest BCUT2D eigenvalue weighted by Gasteiger charge is -2.07. The molecule has 0 unspecified atom stereocenters. The second kappa shape index (κ2) is 4.72. The van der Waals surface area contributed by atoms with Gasteiger partial charge in [-0.25, -0.2) is 0 Å². The van der Waals surface area contributed by atoms with Crippen LogP contribution in [0.1, 0.15) is 18.4 Å². The maximum Gasteiger partial charge on any atom is 0.0703 e. The Morgan fingerprint density at radius 2 is 2.17 bits per heavy atom. The third kappa shape index (κ3) is 2.27. The summed E-state index contributed by atoms with van der Waals surface area (Å²) >= 11 is 1.81. The first-order chi connectivity index (χ1) is 8.83. The second-order valence-corrected chi connectivity index (χ2v) is 5.99. The zero-order chi connectivity index (χ0) is 12.4. The minimum absolute atomic E-state index is 0.0310. The summed E-state index contributed by atoms with van der Waals surface area (Å²) in [5, 5.41) is 16.1. The Balaban J connectivity index is 1.56. The van der Waals surface area contributed by atoms with E-state index in [1.54, 1.807) is 0 Å².